The Morgan fingerprint density at radius 2 is 1.74 bits per heavy atom. The fourth-order valence-electron chi connectivity index (χ4n) is 1.49. The Balaban J connectivity index is 2.76. The van der Waals surface area contributed by atoms with Crippen LogP contribution in [0.2, 0.25) is 0 Å². The third-order valence-corrected chi connectivity index (χ3v) is 2.32. The van der Waals surface area contributed by atoms with Crippen LogP contribution in [0.3, 0.4) is 0 Å². The Morgan fingerprint density at radius 1 is 1.16 bits per heavy atom. The van der Waals surface area contributed by atoms with Crippen LogP contribution in [0.25, 0.3) is 0 Å². The molecule has 1 aromatic carbocycles. The lowest BCUT2D eigenvalue weighted by Crippen LogP contribution is -2.24. The van der Waals surface area contributed by atoms with Crippen LogP contribution in [0.15, 0.2) is 12.1 Å². The Morgan fingerprint density at radius 3 is 2.16 bits per heavy atom. The van der Waals surface area contributed by atoms with E-state index in [0.29, 0.717) is 23.8 Å². The fraction of sp³-hybridized carbons (Fsp3) is 0.417. The topological polar surface area (TPSA) is 92.0 Å². The Hall–Kier alpha value is -1.99. The quantitative estimate of drug-likeness (QED) is 0.518. The molecule has 1 rings (SSSR count). The summed E-state index contributed by atoms with van der Waals surface area (Å²) >= 11 is 0. The summed E-state index contributed by atoms with van der Waals surface area (Å²) in [4.78, 5) is 15.4. The molecule has 0 aliphatic rings. The lowest BCUT2D eigenvalue weighted by atomic mass is 10.2. The highest BCUT2D eigenvalue weighted by molar-refractivity contribution is 5.74. The fourth-order valence-corrected chi connectivity index (χ4v) is 1.49. The number of nitrogens with one attached hydrogen (secondary N) is 1. The van der Waals surface area contributed by atoms with Crippen molar-refractivity contribution >= 4 is 5.91 Å². The van der Waals surface area contributed by atoms with Crippen LogP contribution in [-0.4, -0.2) is 33.8 Å². The molecule has 106 valence electrons. The van der Waals surface area contributed by atoms with Gasteiger partial charge in [0.1, 0.15) is 6.61 Å². The van der Waals surface area contributed by atoms with E-state index in [0.717, 1.165) is 5.56 Å². The van der Waals surface area contributed by atoms with E-state index in [4.69, 9.17) is 24.8 Å². The standard InChI is InChI=1S/C12H18N2O5/c1-16-9-4-8(6-14-19-7-11(13)15)5-10(17-2)12(9)18-3/h4-5,14H,6-7H2,1-3H3,(H2,13,15). The summed E-state index contributed by atoms with van der Waals surface area (Å²) in [6, 6.07) is 3.56. The number of ether oxygens (including phenoxy) is 3. The van der Waals surface area contributed by atoms with Crippen LogP contribution >= 0.6 is 0 Å². The van der Waals surface area contributed by atoms with Crippen molar-refractivity contribution in [1.82, 2.24) is 5.48 Å². The number of amides is 1. The molecular formula is C12H18N2O5. The normalized spacial score (nSPS) is 10.1. The van der Waals surface area contributed by atoms with Gasteiger partial charge in [-0.15, -0.1) is 0 Å². The van der Waals surface area contributed by atoms with Gasteiger partial charge in [-0.05, 0) is 17.7 Å². The Kier molecular flexibility index (Phi) is 5.91. The molecule has 0 radical (unpaired) electrons. The molecule has 0 bridgehead atoms. The number of primary amides is 1. The maximum atomic E-state index is 10.5. The van der Waals surface area contributed by atoms with Crippen molar-refractivity contribution in [2.45, 2.75) is 6.54 Å². The first-order chi connectivity index (χ1) is 9.12. The predicted molar refractivity (Wildman–Crippen MR) is 68.1 cm³/mol. The van der Waals surface area contributed by atoms with Crippen LogP contribution in [0, 0.1) is 0 Å². The molecule has 3 N–H and O–H groups in total. The van der Waals surface area contributed by atoms with E-state index < -0.39 is 5.91 Å². The molecule has 0 fully saturated rings. The van der Waals surface area contributed by atoms with E-state index in [1.54, 1.807) is 12.1 Å². The minimum atomic E-state index is -0.544. The minimum Gasteiger partial charge on any atom is -0.493 e. The summed E-state index contributed by atoms with van der Waals surface area (Å²) < 4.78 is 15.6. The SMILES string of the molecule is COc1cc(CNOCC(N)=O)cc(OC)c1OC. The second-order valence-electron chi connectivity index (χ2n) is 3.61. The maximum Gasteiger partial charge on any atom is 0.245 e. The summed E-state index contributed by atoms with van der Waals surface area (Å²) in [7, 11) is 4.62. The molecular weight excluding hydrogens is 252 g/mol. The van der Waals surface area contributed by atoms with Gasteiger partial charge in [-0.1, -0.05) is 0 Å². The summed E-state index contributed by atoms with van der Waals surface area (Å²) in [6.45, 7) is 0.175. The lowest BCUT2D eigenvalue weighted by molar-refractivity contribution is -0.125. The van der Waals surface area contributed by atoms with Crippen molar-refractivity contribution in [3.05, 3.63) is 17.7 Å². The van der Waals surface area contributed by atoms with Crippen molar-refractivity contribution in [2.24, 2.45) is 5.73 Å². The highest BCUT2D eigenvalue weighted by Gasteiger charge is 2.12. The van der Waals surface area contributed by atoms with Crippen molar-refractivity contribution in [1.29, 1.82) is 0 Å². The molecule has 1 amide bonds. The maximum absolute atomic E-state index is 10.5. The van der Waals surface area contributed by atoms with E-state index in [1.165, 1.54) is 21.3 Å². The number of carbonyl (C=O) groups is 1. The number of hydrogen-bond acceptors (Lipinski definition) is 6. The van der Waals surface area contributed by atoms with Gasteiger partial charge in [-0.3, -0.25) is 9.63 Å². The summed E-state index contributed by atoms with van der Waals surface area (Å²) in [5.41, 5.74) is 8.41. The number of benzene rings is 1. The van der Waals surface area contributed by atoms with Gasteiger partial charge >= 0.3 is 0 Å². The van der Waals surface area contributed by atoms with E-state index in [1.807, 2.05) is 0 Å². The minimum absolute atomic E-state index is 0.190. The van der Waals surface area contributed by atoms with Gasteiger partial charge < -0.3 is 19.9 Å². The Labute approximate surface area is 111 Å². The zero-order chi connectivity index (χ0) is 14.3. The zero-order valence-electron chi connectivity index (χ0n) is 11.2. The molecule has 19 heavy (non-hydrogen) atoms. The highest BCUT2D eigenvalue weighted by Crippen LogP contribution is 2.38. The van der Waals surface area contributed by atoms with E-state index in [-0.39, 0.29) is 6.61 Å². The first kappa shape index (κ1) is 15.1. The molecule has 7 nitrogen and oxygen atoms in total. The highest BCUT2D eigenvalue weighted by atomic mass is 16.6. The second-order valence-corrected chi connectivity index (χ2v) is 3.61. The Bertz CT molecular complexity index is 411. The van der Waals surface area contributed by atoms with Gasteiger partial charge in [-0.25, -0.2) is 0 Å². The van der Waals surface area contributed by atoms with Gasteiger partial charge in [-0.2, -0.15) is 5.48 Å². The number of nitrogens with two attached hydrogens (primary N) is 1. The van der Waals surface area contributed by atoms with Crippen molar-refractivity contribution in [3.63, 3.8) is 0 Å². The van der Waals surface area contributed by atoms with E-state index >= 15 is 0 Å². The number of methoxy groups -OCH3 is 3. The second kappa shape index (κ2) is 7.45. The smallest absolute Gasteiger partial charge is 0.245 e. The van der Waals surface area contributed by atoms with E-state index in [2.05, 4.69) is 5.48 Å². The zero-order valence-corrected chi connectivity index (χ0v) is 11.2. The van der Waals surface area contributed by atoms with Crippen LogP contribution in [0.1, 0.15) is 5.56 Å². The number of hydroxylamine groups is 1. The van der Waals surface area contributed by atoms with E-state index in [9.17, 15) is 4.79 Å². The first-order valence-corrected chi connectivity index (χ1v) is 5.54. The largest absolute Gasteiger partial charge is 0.493 e. The first-order valence-electron chi connectivity index (χ1n) is 5.54. The third-order valence-electron chi connectivity index (χ3n) is 2.32. The lowest BCUT2D eigenvalue weighted by Gasteiger charge is -2.14. The van der Waals surface area contributed by atoms with Gasteiger partial charge in [0.05, 0.1) is 21.3 Å². The molecule has 0 aromatic heterocycles. The summed E-state index contributed by atoms with van der Waals surface area (Å²) in [6.07, 6.45) is 0. The van der Waals surface area contributed by atoms with Crippen LogP contribution in [0.4, 0.5) is 0 Å². The van der Waals surface area contributed by atoms with Gasteiger partial charge in [0.25, 0.3) is 0 Å². The van der Waals surface area contributed by atoms with Gasteiger partial charge in [0.15, 0.2) is 11.5 Å². The van der Waals surface area contributed by atoms with Crippen molar-refractivity contribution < 1.29 is 23.8 Å². The number of carbonyl (C=O) groups excluding carboxylic acids is 1. The average Bonchev–Trinajstić information content (AvgIpc) is 2.42. The summed E-state index contributed by atoms with van der Waals surface area (Å²) in [5.74, 6) is 1.08. The molecule has 0 unspecified atom stereocenters. The molecule has 7 heteroatoms. The molecule has 0 heterocycles. The van der Waals surface area contributed by atoms with Gasteiger partial charge in [0, 0.05) is 6.54 Å². The van der Waals surface area contributed by atoms with Crippen LogP contribution in [0.5, 0.6) is 17.2 Å². The number of rotatable bonds is 8. The molecule has 1 aromatic rings. The predicted octanol–water partition coefficient (Wildman–Crippen LogP) is 0.219. The van der Waals surface area contributed by atoms with Crippen molar-refractivity contribution in [2.75, 3.05) is 27.9 Å². The van der Waals surface area contributed by atoms with Crippen LogP contribution < -0.4 is 25.4 Å². The molecule has 0 spiro atoms. The average molecular weight is 270 g/mol. The molecule has 0 aliphatic carbocycles. The summed E-state index contributed by atoms with van der Waals surface area (Å²) in [5, 5.41) is 0. The molecule has 0 aliphatic heterocycles. The molecule has 0 saturated carbocycles. The molecule has 0 atom stereocenters. The molecule has 0 saturated heterocycles. The van der Waals surface area contributed by atoms with Crippen molar-refractivity contribution in [3.8, 4) is 17.2 Å². The monoisotopic (exact) mass is 270 g/mol. The third kappa shape index (κ3) is 4.31. The van der Waals surface area contributed by atoms with Gasteiger partial charge in [0.2, 0.25) is 11.7 Å². The number of hydrogen-bond donors (Lipinski definition) is 2. The van der Waals surface area contributed by atoms with Crippen LogP contribution in [-0.2, 0) is 16.2 Å².